The molecular formula is C25H31NO2. The molecule has 28 heavy (non-hydrogen) atoms. The Morgan fingerprint density at radius 2 is 1.29 bits per heavy atom. The number of aromatic nitrogens is 1. The van der Waals surface area contributed by atoms with Gasteiger partial charge in [0.25, 0.3) is 0 Å². The second-order valence-corrected chi connectivity index (χ2v) is 9.78. The van der Waals surface area contributed by atoms with E-state index < -0.39 is 0 Å². The Morgan fingerprint density at radius 3 is 1.86 bits per heavy atom. The third-order valence-electron chi connectivity index (χ3n) is 4.12. The molecule has 0 aliphatic rings. The molecule has 0 N–H and O–H groups in total. The van der Waals surface area contributed by atoms with Crippen LogP contribution in [0.15, 0.2) is 54.6 Å². The molecule has 3 aromatic rings. The molecule has 0 bridgehead atoms. The van der Waals surface area contributed by atoms with E-state index in [1.165, 1.54) is 0 Å². The van der Waals surface area contributed by atoms with Gasteiger partial charge in [0.2, 0.25) is 0 Å². The van der Waals surface area contributed by atoms with Crippen LogP contribution in [0.25, 0.3) is 22.2 Å². The Hall–Kier alpha value is -2.55. The van der Waals surface area contributed by atoms with Gasteiger partial charge in [-0.3, -0.25) is 0 Å². The van der Waals surface area contributed by atoms with E-state index in [1.54, 1.807) is 0 Å². The summed E-state index contributed by atoms with van der Waals surface area (Å²) < 4.78 is 12.2. The largest absolute Gasteiger partial charge is 0.493 e. The maximum atomic E-state index is 6.08. The average Bonchev–Trinajstić information content (AvgIpc) is 2.63. The van der Waals surface area contributed by atoms with E-state index in [2.05, 4.69) is 59.7 Å². The van der Waals surface area contributed by atoms with Crippen LogP contribution in [0, 0.1) is 10.8 Å². The van der Waals surface area contributed by atoms with Gasteiger partial charge in [-0.2, -0.15) is 0 Å². The number of benzene rings is 2. The summed E-state index contributed by atoms with van der Waals surface area (Å²) >= 11 is 0. The van der Waals surface area contributed by atoms with Gasteiger partial charge in [-0.05, 0) is 35.1 Å². The van der Waals surface area contributed by atoms with Crippen molar-refractivity contribution in [1.29, 1.82) is 0 Å². The molecule has 0 fully saturated rings. The first-order valence-electron chi connectivity index (χ1n) is 9.86. The number of hydrogen-bond donors (Lipinski definition) is 0. The van der Waals surface area contributed by atoms with Crippen molar-refractivity contribution in [3.63, 3.8) is 0 Å². The topological polar surface area (TPSA) is 31.4 Å². The van der Waals surface area contributed by atoms with Crippen molar-refractivity contribution >= 4 is 10.9 Å². The van der Waals surface area contributed by atoms with Crippen molar-refractivity contribution < 1.29 is 9.47 Å². The van der Waals surface area contributed by atoms with Crippen LogP contribution in [0.5, 0.6) is 11.5 Å². The molecule has 0 unspecified atom stereocenters. The minimum atomic E-state index is 0.0869. The Kier molecular flexibility index (Phi) is 5.64. The van der Waals surface area contributed by atoms with Crippen LogP contribution < -0.4 is 9.47 Å². The number of nitrogens with zero attached hydrogens (tertiary/aromatic N) is 1. The minimum Gasteiger partial charge on any atom is -0.493 e. The van der Waals surface area contributed by atoms with Gasteiger partial charge in [0.1, 0.15) is 11.5 Å². The van der Waals surface area contributed by atoms with E-state index in [4.69, 9.17) is 14.5 Å². The average molecular weight is 378 g/mol. The van der Waals surface area contributed by atoms with Crippen LogP contribution in [0.4, 0.5) is 0 Å². The lowest BCUT2D eigenvalue weighted by Crippen LogP contribution is -2.18. The fraction of sp³-hybridized carbons (Fsp3) is 0.400. The van der Waals surface area contributed by atoms with Gasteiger partial charge in [0, 0.05) is 17.0 Å². The molecule has 148 valence electrons. The summed E-state index contributed by atoms with van der Waals surface area (Å²) in [5.74, 6) is 1.62. The summed E-state index contributed by atoms with van der Waals surface area (Å²) in [5, 5.41) is 1.13. The van der Waals surface area contributed by atoms with E-state index in [-0.39, 0.29) is 10.8 Å². The van der Waals surface area contributed by atoms with Crippen molar-refractivity contribution in [3.8, 4) is 22.8 Å². The minimum absolute atomic E-state index is 0.0869. The third kappa shape index (κ3) is 5.72. The fourth-order valence-corrected chi connectivity index (χ4v) is 2.71. The van der Waals surface area contributed by atoms with E-state index >= 15 is 0 Å². The van der Waals surface area contributed by atoms with Crippen molar-refractivity contribution in [1.82, 2.24) is 4.98 Å². The normalized spacial score (nSPS) is 12.2. The molecule has 3 nitrogen and oxygen atoms in total. The maximum absolute atomic E-state index is 6.08. The Balaban J connectivity index is 1.97. The molecule has 0 radical (unpaired) electrons. The lowest BCUT2D eigenvalue weighted by Gasteiger charge is -2.21. The lowest BCUT2D eigenvalue weighted by molar-refractivity contribution is 0.189. The summed E-state index contributed by atoms with van der Waals surface area (Å²) in [4.78, 5) is 4.83. The molecule has 0 amide bonds. The van der Waals surface area contributed by atoms with E-state index in [0.717, 1.165) is 33.7 Å². The highest BCUT2D eigenvalue weighted by atomic mass is 16.5. The number of pyridine rings is 1. The van der Waals surface area contributed by atoms with Gasteiger partial charge in [0.15, 0.2) is 0 Å². The number of ether oxygens (including phenoxy) is 2. The first-order valence-corrected chi connectivity index (χ1v) is 9.86. The van der Waals surface area contributed by atoms with Crippen LogP contribution in [-0.2, 0) is 0 Å². The lowest BCUT2D eigenvalue weighted by atomic mass is 9.98. The maximum Gasteiger partial charge on any atom is 0.123 e. The monoisotopic (exact) mass is 377 g/mol. The van der Waals surface area contributed by atoms with Crippen LogP contribution in [0.3, 0.4) is 0 Å². The Bertz CT molecular complexity index is 912. The molecule has 0 aliphatic heterocycles. The summed E-state index contributed by atoms with van der Waals surface area (Å²) in [7, 11) is 0. The predicted octanol–water partition coefficient (Wildman–Crippen LogP) is 6.75. The van der Waals surface area contributed by atoms with Crippen LogP contribution >= 0.6 is 0 Å². The predicted molar refractivity (Wildman–Crippen MR) is 117 cm³/mol. The summed E-state index contributed by atoms with van der Waals surface area (Å²) in [6, 6.07) is 18.4. The van der Waals surface area contributed by atoms with Gasteiger partial charge in [0.05, 0.1) is 24.4 Å². The zero-order chi connectivity index (χ0) is 20.4. The first-order chi connectivity index (χ1) is 13.1. The third-order valence-corrected chi connectivity index (χ3v) is 4.12. The highest BCUT2D eigenvalue weighted by molar-refractivity contribution is 5.81. The van der Waals surface area contributed by atoms with Gasteiger partial charge in [-0.25, -0.2) is 4.98 Å². The Labute approximate surface area is 168 Å². The van der Waals surface area contributed by atoms with Gasteiger partial charge in [-0.15, -0.1) is 0 Å². The Morgan fingerprint density at radius 1 is 0.714 bits per heavy atom. The van der Waals surface area contributed by atoms with Gasteiger partial charge < -0.3 is 9.47 Å². The summed E-state index contributed by atoms with van der Waals surface area (Å²) in [6.45, 7) is 14.3. The van der Waals surface area contributed by atoms with Crippen LogP contribution in [0.1, 0.15) is 41.5 Å². The second-order valence-electron chi connectivity index (χ2n) is 9.78. The molecule has 1 heterocycles. The van der Waals surface area contributed by atoms with Crippen molar-refractivity contribution in [2.45, 2.75) is 41.5 Å². The molecule has 0 aliphatic carbocycles. The van der Waals surface area contributed by atoms with Crippen LogP contribution in [-0.4, -0.2) is 18.2 Å². The highest BCUT2D eigenvalue weighted by Gasteiger charge is 2.15. The molecule has 3 rings (SSSR count). The number of para-hydroxylation sites is 1. The number of fused-ring (bicyclic) bond motifs is 1. The molecule has 0 saturated heterocycles. The molecule has 0 saturated carbocycles. The molecule has 0 spiro atoms. The highest BCUT2D eigenvalue weighted by Crippen LogP contribution is 2.32. The van der Waals surface area contributed by atoms with Gasteiger partial charge >= 0.3 is 0 Å². The van der Waals surface area contributed by atoms with E-state index in [9.17, 15) is 0 Å². The smallest absolute Gasteiger partial charge is 0.123 e. The number of rotatable bonds is 5. The standard InChI is InChI=1S/C25H31NO2/c1-24(2,3)16-27-20-13-19(14-21(15-20)28-17-25(4,5)6)23-12-11-18-9-7-8-10-22(18)26-23/h7-15H,16-17H2,1-6H3. The zero-order valence-corrected chi connectivity index (χ0v) is 17.9. The molecule has 3 heteroatoms. The quantitative estimate of drug-likeness (QED) is 0.493. The fourth-order valence-electron chi connectivity index (χ4n) is 2.71. The molecule has 2 aromatic carbocycles. The van der Waals surface area contributed by atoms with Gasteiger partial charge in [-0.1, -0.05) is 65.8 Å². The van der Waals surface area contributed by atoms with E-state index in [1.807, 2.05) is 36.4 Å². The second kappa shape index (κ2) is 7.83. The van der Waals surface area contributed by atoms with Crippen molar-refractivity contribution in [2.24, 2.45) is 10.8 Å². The summed E-state index contributed by atoms with van der Waals surface area (Å²) in [5.41, 5.74) is 3.08. The zero-order valence-electron chi connectivity index (χ0n) is 17.9. The van der Waals surface area contributed by atoms with Crippen molar-refractivity contribution in [2.75, 3.05) is 13.2 Å². The molecular weight excluding hydrogens is 346 g/mol. The van der Waals surface area contributed by atoms with Crippen LogP contribution in [0.2, 0.25) is 0 Å². The van der Waals surface area contributed by atoms with E-state index in [0.29, 0.717) is 13.2 Å². The van der Waals surface area contributed by atoms with Crippen molar-refractivity contribution in [3.05, 3.63) is 54.6 Å². The molecule has 0 atom stereocenters. The first kappa shape index (κ1) is 20.2. The molecule has 1 aromatic heterocycles. The summed E-state index contributed by atoms with van der Waals surface area (Å²) in [6.07, 6.45) is 0. The SMILES string of the molecule is CC(C)(C)COc1cc(OCC(C)(C)C)cc(-c2ccc3ccccc3n2)c1. The number of hydrogen-bond acceptors (Lipinski definition) is 3.